The molecule has 0 saturated carbocycles. The molecule has 0 aliphatic carbocycles. The number of amides is 1. The van der Waals surface area contributed by atoms with Gasteiger partial charge in [-0.05, 0) is 61.7 Å². The van der Waals surface area contributed by atoms with Gasteiger partial charge >= 0.3 is 0 Å². The maximum absolute atomic E-state index is 14.5. The Bertz CT molecular complexity index is 1250. The van der Waals surface area contributed by atoms with Gasteiger partial charge < -0.3 is 14.6 Å². The summed E-state index contributed by atoms with van der Waals surface area (Å²) in [7, 11) is 1.65. The first-order chi connectivity index (χ1) is 15.5. The largest absolute Gasteiger partial charge is 0.497 e. The number of hydrogen-bond donors (Lipinski definition) is 1. The molecule has 0 aliphatic rings. The molecule has 4 aromatic rings. The molecule has 0 saturated heterocycles. The third-order valence-corrected chi connectivity index (χ3v) is 5.81. The van der Waals surface area contributed by atoms with Crippen LogP contribution < -0.4 is 4.74 Å². The molecule has 32 heavy (non-hydrogen) atoms. The number of aryl methyl sites for hydroxylation is 2. The number of nitrogens with one attached hydrogen (secondary N) is 1. The number of aromatic nitrogens is 1. The summed E-state index contributed by atoms with van der Waals surface area (Å²) in [5.74, 6) is -0.00593. The summed E-state index contributed by atoms with van der Waals surface area (Å²) >= 11 is 0. The van der Waals surface area contributed by atoms with Crippen molar-refractivity contribution in [1.29, 1.82) is 0 Å². The SMILES string of the molecule is COc1ccc2[nH]c(C)c(CCN(Cc3ccccc3)C(=O)c3cc(C)ccc3F)c2c1. The molecule has 4 rings (SSSR count). The van der Waals surface area contributed by atoms with E-state index in [9.17, 15) is 9.18 Å². The standard InChI is InChI=1S/C27H27FN2O2/c1-18-9-11-25(28)24(15-18)27(31)30(17-20-7-5-4-6-8-20)14-13-22-19(2)29-26-12-10-21(32-3)16-23(22)26/h4-12,15-16,29H,13-14,17H2,1-3H3. The van der Waals surface area contributed by atoms with Crippen molar-refractivity contribution in [3.05, 3.63) is 100 Å². The Morgan fingerprint density at radius 2 is 1.81 bits per heavy atom. The van der Waals surface area contributed by atoms with Crippen molar-refractivity contribution in [2.75, 3.05) is 13.7 Å². The number of methoxy groups -OCH3 is 1. The van der Waals surface area contributed by atoms with Gasteiger partial charge in [-0.25, -0.2) is 4.39 Å². The van der Waals surface area contributed by atoms with Gasteiger partial charge in [0.2, 0.25) is 0 Å². The number of carbonyl (C=O) groups excluding carboxylic acids is 1. The van der Waals surface area contributed by atoms with Crippen LogP contribution in [0.3, 0.4) is 0 Å². The maximum atomic E-state index is 14.5. The fourth-order valence-corrected chi connectivity index (χ4v) is 4.09. The van der Waals surface area contributed by atoms with E-state index >= 15 is 0 Å². The molecular weight excluding hydrogens is 403 g/mol. The molecule has 0 unspecified atom stereocenters. The van der Waals surface area contributed by atoms with E-state index in [0.29, 0.717) is 19.5 Å². The lowest BCUT2D eigenvalue weighted by Gasteiger charge is -2.24. The van der Waals surface area contributed by atoms with E-state index in [2.05, 4.69) is 4.98 Å². The second-order valence-corrected chi connectivity index (χ2v) is 8.09. The minimum Gasteiger partial charge on any atom is -0.497 e. The summed E-state index contributed by atoms with van der Waals surface area (Å²) in [5.41, 5.74) is 5.19. The molecule has 0 aliphatic heterocycles. The zero-order chi connectivity index (χ0) is 22.7. The van der Waals surface area contributed by atoms with E-state index in [4.69, 9.17) is 4.74 Å². The molecule has 1 aromatic heterocycles. The molecule has 0 atom stereocenters. The van der Waals surface area contributed by atoms with Gasteiger partial charge in [-0.3, -0.25) is 4.79 Å². The predicted molar refractivity (Wildman–Crippen MR) is 126 cm³/mol. The number of ether oxygens (including phenoxy) is 1. The predicted octanol–water partition coefficient (Wildman–Crippen LogP) is 5.82. The fourth-order valence-electron chi connectivity index (χ4n) is 4.09. The van der Waals surface area contributed by atoms with Crippen molar-refractivity contribution in [2.45, 2.75) is 26.8 Å². The van der Waals surface area contributed by atoms with Gasteiger partial charge in [-0.15, -0.1) is 0 Å². The van der Waals surface area contributed by atoms with E-state index in [1.807, 2.05) is 62.4 Å². The van der Waals surface area contributed by atoms with Gasteiger partial charge in [0.05, 0.1) is 12.7 Å². The quantitative estimate of drug-likeness (QED) is 0.402. The highest BCUT2D eigenvalue weighted by Crippen LogP contribution is 2.27. The smallest absolute Gasteiger partial charge is 0.257 e. The third kappa shape index (κ3) is 4.52. The Labute approximate surface area is 187 Å². The lowest BCUT2D eigenvalue weighted by Crippen LogP contribution is -2.33. The second kappa shape index (κ2) is 9.27. The van der Waals surface area contributed by atoms with Gasteiger partial charge in [0.25, 0.3) is 5.91 Å². The highest BCUT2D eigenvalue weighted by molar-refractivity contribution is 5.94. The molecular formula is C27H27FN2O2. The topological polar surface area (TPSA) is 45.3 Å². The number of H-pyrrole nitrogens is 1. The van der Waals surface area contributed by atoms with Gasteiger partial charge in [-0.1, -0.05) is 42.0 Å². The molecule has 0 spiro atoms. The monoisotopic (exact) mass is 430 g/mol. The highest BCUT2D eigenvalue weighted by atomic mass is 19.1. The van der Waals surface area contributed by atoms with Crippen LogP contribution in [0.25, 0.3) is 10.9 Å². The molecule has 1 N–H and O–H groups in total. The Kier molecular flexibility index (Phi) is 6.26. The van der Waals surface area contributed by atoms with Crippen molar-refractivity contribution in [1.82, 2.24) is 9.88 Å². The molecule has 3 aromatic carbocycles. The van der Waals surface area contributed by atoms with Gasteiger partial charge in [0.15, 0.2) is 0 Å². The van der Waals surface area contributed by atoms with Crippen molar-refractivity contribution in [3.63, 3.8) is 0 Å². The van der Waals surface area contributed by atoms with Crippen molar-refractivity contribution in [3.8, 4) is 5.75 Å². The molecule has 0 fully saturated rings. The van der Waals surface area contributed by atoms with Crippen LogP contribution in [0.4, 0.5) is 4.39 Å². The number of rotatable bonds is 7. The summed E-state index contributed by atoms with van der Waals surface area (Å²) in [6.45, 7) is 4.77. The van der Waals surface area contributed by atoms with Crippen LogP contribution >= 0.6 is 0 Å². The lowest BCUT2D eigenvalue weighted by atomic mass is 10.1. The minimum absolute atomic E-state index is 0.109. The summed E-state index contributed by atoms with van der Waals surface area (Å²) in [5, 5.41) is 1.08. The zero-order valence-electron chi connectivity index (χ0n) is 18.6. The van der Waals surface area contributed by atoms with E-state index < -0.39 is 5.82 Å². The number of carbonyl (C=O) groups is 1. The number of fused-ring (bicyclic) bond motifs is 1. The maximum Gasteiger partial charge on any atom is 0.257 e. The minimum atomic E-state index is -0.494. The first-order valence-electron chi connectivity index (χ1n) is 10.7. The van der Waals surface area contributed by atoms with Gasteiger partial charge in [-0.2, -0.15) is 0 Å². The molecule has 1 amide bonds. The number of hydrogen-bond acceptors (Lipinski definition) is 2. The Balaban J connectivity index is 1.65. The van der Waals surface area contributed by atoms with Crippen molar-refractivity contribution in [2.24, 2.45) is 0 Å². The lowest BCUT2D eigenvalue weighted by molar-refractivity contribution is 0.0740. The Morgan fingerprint density at radius 3 is 2.56 bits per heavy atom. The summed E-state index contributed by atoms with van der Waals surface area (Å²) < 4.78 is 19.9. The van der Waals surface area contributed by atoms with Gasteiger partial charge in [0, 0.05) is 29.7 Å². The average molecular weight is 431 g/mol. The van der Waals surface area contributed by atoms with Crippen LogP contribution in [0, 0.1) is 19.7 Å². The van der Waals surface area contributed by atoms with Crippen LogP contribution in [-0.4, -0.2) is 29.4 Å². The van der Waals surface area contributed by atoms with Crippen LogP contribution in [-0.2, 0) is 13.0 Å². The van der Waals surface area contributed by atoms with Crippen LogP contribution in [0.15, 0.2) is 66.7 Å². The Morgan fingerprint density at radius 1 is 1.03 bits per heavy atom. The van der Waals surface area contributed by atoms with Crippen LogP contribution in [0.1, 0.15) is 32.7 Å². The first-order valence-corrected chi connectivity index (χ1v) is 10.7. The molecule has 5 heteroatoms. The van der Waals surface area contributed by atoms with Crippen molar-refractivity contribution < 1.29 is 13.9 Å². The molecule has 0 bridgehead atoms. The molecule has 0 radical (unpaired) electrons. The first kappa shape index (κ1) is 21.6. The van der Waals surface area contributed by atoms with Crippen LogP contribution in [0.5, 0.6) is 5.75 Å². The van der Waals surface area contributed by atoms with E-state index in [1.165, 1.54) is 6.07 Å². The van der Waals surface area contributed by atoms with E-state index in [0.717, 1.165) is 39.0 Å². The summed E-state index contributed by atoms with van der Waals surface area (Å²) in [6.07, 6.45) is 0.644. The number of halogens is 1. The molecule has 164 valence electrons. The normalized spacial score (nSPS) is 11.0. The number of aromatic amines is 1. The Hall–Kier alpha value is -3.60. The van der Waals surface area contributed by atoms with E-state index in [1.54, 1.807) is 24.1 Å². The number of benzene rings is 3. The zero-order valence-corrected chi connectivity index (χ0v) is 18.6. The second-order valence-electron chi connectivity index (χ2n) is 8.09. The highest BCUT2D eigenvalue weighted by Gasteiger charge is 2.21. The molecule has 1 heterocycles. The summed E-state index contributed by atoms with van der Waals surface area (Å²) in [6, 6.07) is 20.4. The van der Waals surface area contributed by atoms with Gasteiger partial charge in [0.1, 0.15) is 11.6 Å². The average Bonchev–Trinajstić information content (AvgIpc) is 3.12. The fraction of sp³-hybridized carbons (Fsp3) is 0.222. The molecule has 4 nitrogen and oxygen atoms in total. The van der Waals surface area contributed by atoms with Crippen molar-refractivity contribution >= 4 is 16.8 Å². The van der Waals surface area contributed by atoms with Crippen LogP contribution in [0.2, 0.25) is 0 Å². The van der Waals surface area contributed by atoms with E-state index in [-0.39, 0.29) is 11.5 Å². The third-order valence-electron chi connectivity index (χ3n) is 5.81. The summed E-state index contributed by atoms with van der Waals surface area (Å²) in [4.78, 5) is 18.5. The number of nitrogens with zero attached hydrogens (tertiary/aromatic N) is 1.